The van der Waals surface area contributed by atoms with Gasteiger partial charge in [0.2, 0.25) is 0 Å². The monoisotopic (exact) mass is 321 g/mol. The van der Waals surface area contributed by atoms with E-state index in [0.29, 0.717) is 22.1 Å². The van der Waals surface area contributed by atoms with Crippen LogP contribution in [0.3, 0.4) is 0 Å². The van der Waals surface area contributed by atoms with Crippen LogP contribution in [0.15, 0.2) is 30.3 Å². The standard InChI is InChI=1S/C17H17ClFNO2/c1-21-14-8-10-6-7-20-17(11(10)9-15(14)22-2)16-12(18)4-3-5-13(16)19/h3-5,8-9,17,20H,6-7H2,1-2H3. The summed E-state index contributed by atoms with van der Waals surface area (Å²) in [5.41, 5.74) is 2.55. The number of hydrogen-bond acceptors (Lipinski definition) is 3. The van der Waals surface area contributed by atoms with Crippen molar-refractivity contribution in [1.82, 2.24) is 5.32 Å². The van der Waals surface area contributed by atoms with Gasteiger partial charge in [-0.3, -0.25) is 0 Å². The van der Waals surface area contributed by atoms with E-state index in [4.69, 9.17) is 21.1 Å². The Bertz CT molecular complexity index is 685. The van der Waals surface area contributed by atoms with Crippen LogP contribution in [0.5, 0.6) is 11.5 Å². The summed E-state index contributed by atoms with van der Waals surface area (Å²) in [4.78, 5) is 0. The number of halogens is 2. The molecule has 1 unspecified atom stereocenters. The van der Waals surface area contributed by atoms with E-state index in [2.05, 4.69) is 5.32 Å². The fourth-order valence-electron chi connectivity index (χ4n) is 2.93. The molecule has 1 N–H and O–H groups in total. The lowest BCUT2D eigenvalue weighted by molar-refractivity contribution is 0.352. The number of methoxy groups -OCH3 is 2. The van der Waals surface area contributed by atoms with Gasteiger partial charge in [-0.1, -0.05) is 17.7 Å². The third-order valence-electron chi connectivity index (χ3n) is 3.99. The summed E-state index contributed by atoms with van der Waals surface area (Å²) in [6.07, 6.45) is 0.845. The second kappa shape index (κ2) is 6.15. The molecule has 1 atom stereocenters. The largest absolute Gasteiger partial charge is 0.493 e. The summed E-state index contributed by atoms with van der Waals surface area (Å²) in [6.45, 7) is 0.748. The Morgan fingerprint density at radius 2 is 1.91 bits per heavy atom. The van der Waals surface area contributed by atoms with Crippen molar-refractivity contribution in [2.75, 3.05) is 20.8 Å². The van der Waals surface area contributed by atoms with Crippen molar-refractivity contribution in [2.24, 2.45) is 0 Å². The van der Waals surface area contributed by atoms with Crippen LogP contribution in [0.1, 0.15) is 22.7 Å². The van der Waals surface area contributed by atoms with Crippen molar-refractivity contribution in [3.63, 3.8) is 0 Å². The average Bonchev–Trinajstić information content (AvgIpc) is 2.53. The second-order valence-corrected chi connectivity index (χ2v) is 5.59. The molecule has 3 nitrogen and oxygen atoms in total. The average molecular weight is 322 g/mol. The molecule has 116 valence electrons. The minimum atomic E-state index is -0.312. The Morgan fingerprint density at radius 3 is 2.59 bits per heavy atom. The van der Waals surface area contributed by atoms with E-state index < -0.39 is 0 Å². The fourth-order valence-corrected chi connectivity index (χ4v) is 3.20. The molecule has 2 aromatic carbocycles. The summed E-state index contributed by atoms with van der Waals surface area (Å²) >= 11 is 6.23. The molecule has 0 radical (unpaired) electrons. The zero-order valence-corrected chi connectivity index (χ0v) is 13.2. The van der Waals surface area contributed by atoms with Gasteiger partial charge in [-0.15, -0.1) is 0 Å². The first kappa shape index (κ1) is 15.1. The molecule has 5 heteroatoms. The number of nitrogens with one attached hydrogen (secondary N) is 1. The molecule has 0 fully saturated rings. The van der Waals surface area contributed by atoms with Crippen LogP contribution in [0.2, 0.25) is 5.02 Å². The lowest BCUT2D eigenvalue weighted by atomic mass is 9.89. The van der Waals surface area contributed by atoms with Crippen LogP contribution in [0, 0.1) is 5.82 Å². The van der Waals surface area contributed by atoms with Crippen LogP contribution < -0.4 is 14.8 Å². The molecular weight excluding hydrogens is 305 g/mol. The van der Waals surface area contributed by atoms with Gasteiger partial charge in [0.25, 0.3) is 0 Å². The summed E-state index contributed by atoms with van der Waals surface area (Å²) in [5, 5.41) is 3.76. The van der Waals surface area contributed by atoms with Crippen molar-refractivity contribution in [3.05, 3.63) is 57.9 Å². The molecule has 0 aliphatic carbocycles. The highest BCUT2D eigenvalue weighted by Crippen LogP contribution is 2.39. The van der Waals surface area contributed by atoms with Crippen molar-refractivity contribution < 1.29 is 13.9 Å². The van der Waals surface area contributed by atoms with Crippen molar-refractivity contribution in [3.8, 4) is 11.5 Å². The molecule has 0 amide bonds. The van der Waals surface area contributed by atoms with E-state index in [-0.39, 0.29) is 11.9 Å². The molecule has 3 rings (SSSR count). The predicted octanol–water partition coefficient (Wildman–Crippen LogP) is 3.73. The highest BCUT2D eigenvalue weighted by Gasteiger charge is 2.27. The summed E-state index contributed by atoms with van der Waals surface area (Å²) in [5.74, 6) is 0.997. The maximum Gasteiger partial charge on any atom is 0.161 e. The quantitative estimate of drug-likeness (QED) is 0.934. The van der Waals surface area contributed by atoms with Gasteiger partial charge in [-0.05, 0) is 41.8 Å². The van der Waals surface area contributed by atoms with Gasteiger partial charge in [-0.2, -0.15) is 0 Å². The maximum absolute atomic E-state index is 14.3. The van der Waals surface area contributed by atoms with Crippen LogP contribution in [0.4, 0.5) is 4.39 Å². The molecule has 1 aliphatic rings. The Hall–Kier alpha value is -1.78. The van der Waals surface area contributed by atoms with Gasteiger partial charge in [0.15, 0.2) is 11.5 Å². The zero-order valence-electron chi connectivity index (χ0n) is 12.5. The molecule has 1 aliphatic heterocycles. The molecule has 2 aromatic rings. The predicted molar refractivity (Wildman–Crippen MR) is 84.5 cm³/mol. The topological polar surface area (TPSA) is 30.5 Å². The number of benzene rings is 2. The summed E-state index contributed by atoms with van der Waals surface area (Å²) < 4.78 is 25.0. The van der Waals surface area contributed by atoms with Crippen molar-refractivity contribution >= 4 is 11.6 Å². The SMILES string of the molecule is COc1cc2c(cc1OC)C(c1c(F)cccc1Cl)NCC2. The van der Waals surface area contributed by atoms with Gasteiger partial charge >= 0.3 is 0 Å². The van der Waals surface area contributed by atoms with E-state index in [1.807, 2.05) is 12.1 Å². The maximum atomic E-state index is 14.3. The summed E-state index contributed by atoms with van der Waals surface area (Å²) in [6, 6.07) is 8.30. The molecule has 0 saturated carbocycles. The number of ether oxygens (including phenoxy) is 2. The van der Waals surface area contributed by atoms with Gasteiger partial charge in [0.05, 0.1) is 20.3 Å². The molecule has 0 spiro atoms. The lowest BCUT2D eigenvalue weighted by Gasteiger charge is -2.29. The van der Waals surface area contributed by atoms with E-state index in [9.17, 15) is 4.39 Å². The molecule has 1 heterocycles. The molecule has 0 aromatic heterocycles. The molecule has 22 heavy (non-hydrogen) atoms. The van der Waals surface area contributed by atoms with Crippen LogP contribution in [0.25, 0.3) is 0 Å². The third kappa shape index (κ3) is 2.53. The van der Waals surface area contributed by atoms with Gasteiger partial charge < -0.3 is 14.8 Å². The van der Waals surface area contributed by atoms with Crippen molar-refractivity contribution in [1.29, 1.82) is 0 Å². The fraction of sp³-hybridized carbons (Fsp3) is 0.294. The van der Waals surface area contributed by atoms with Crippen LogP contribution in [-0.4, -0.2) is 20.8 Å². The van der Waals surface area contributed by atoms with E-state index in [0.717, 1.165) is 24.1 Å². The first-order valence-corrected chi connectivity index (χ1v) is 7.45. The minimum Gasteiger partial charge on any atom is -0.493 e. The van der Waals surface area contributed by atoms with Crippen LogP contribution in [-0.2, 0) is 6.42 Å². The number of hydrogen-bond donors (Lipinski definition) is 1. The Morgan fingerprint density at radius 1 is 1.18 bits per heavy atom. The van der Waals surface area contributed by atoms with Gasteiger partial charge in [0.1, 0.15) is 5.82 Å². The molecule has 0 saturated heterocycles. The Kier molecular flexibility index (Phi) is 4.23. The van der Waals surface area contributed by atoms with Gasteiger partial charge in [-0.25, -0.2) is 4.39 Å². The minimum absolute atomic E-state index is 0.294. The zero-order chi connectivity index (χ0) is 15.7. The molecule has 0 bridgehead atoms. The summed E-state index contributed by atoms with van der Waals surface area (Å²) in [7, 11) is 3.20. The number of rotatable bonds is 3. The highest BCUT2D eigenvalue weighted by atomic mass is 35.5. The number of fused-ring (bicyclic) bond motifs is 1. The second-order valence-electron chi connectivity index (χ2n) is 5.18. The normalized spacial score (nSPS) is 17.0. The first-order valence-electron chi connectivity index (χ1n) is 7.07. The first-order chi connectivity index (χ1) is 10.7. The van der Waals surface area contributed by atoms with E-state index in [1.165, 1.54) is 6.07 Å². The van der Waals surface area contributed by atoms with Crippen molar-refractivity contribution in [2.45, 2.75) is 12.5 Å². The third-order valence-corrected chi connectivity index (χ3v) is 4.32. The Balaban J connectivity index is 2.15. The van der Waals surface area contributed by atoms with Gasteiger partial charge in [0, 0.05) is 17.1 Å². The highest BCUT2D eigenvalue weighted by molar-refractivity contribution is 6.31. The lowest BCUT2D eigenvalue weighted by Crippen LogP contribution is -2.31. The van der Waals surface area contributed by atoms with Crippen LogP contribution >= 0.6 is 11.6 Å². The Labute approximate surface area is 134 Å². The van der Waals surface area contributed by atoms with E-state index in [1.54, 1.807) is 26.4 Å². The smallest absolute Gasteiger partial charge is 0.161 e. The molecular formula is C17H17ClFNO2. The van der Waals surface area contributed by atoms with E-state index >= 15 is 0 Å².